The van der Waals surface area contributed by atoms with Gasteiger partial charge in [0, 0.05) is 6.42 Å². The molecule has 1 rings (SSSR count). The lowest BCUT2D eigenvalue weighted by atomic mass is 10.1. The summed E-state index contributed by atoms with van der Waals surface area (Å²) in [4.78, 5) is 0. The van der Waals surface area contributed by atoms with Crippen molar-refractivity contribution in [2.24, 2.45) is 7.05 Å². The summed E-state index contributed by atoms with van der Waals surface area (Å²) in [5.74, 6) is 0. The fourth-order valence-corrected chi connectivity index (χ4v) is 2.08. The molecule has 106 valence electrons. The van der Waals surface area contributed by atoms with Crippen molar-refractivity contribution in [3.63, 3.8) is 0 Å². The van der Waals surface area contributed by atoms with Crippen molar-refractivity contribution in [1.82, 2.24) is 4.57 Å². The molecule has 0 radical (unpaired) electrons. The largest absolute Gasteiger partial charge is 1.00 e. The third-order valence-corrected chi connectivity index (χ3v) is 3.20. The van der Waals surface area contributed by atoms with Gasteiger partial charge in [0.1, 0.15) is 12.4 Å². The highest BCUT2D eigenvalue weighted by atomic mass is 127. The first-order chi connectivity index (χ1) is 8.24. The molecule has 0 fully saturated rings. The van der Waals surface area contributed by atoms with Crippen LogP contribution < -0.4 is 28.5 Å². The highest BCUT2D eigenvalue weighted by Crippen LogP contribution is 2.14. The van der Waals surface area contributed by atoms with Crippen LogP contribution in [0.25, 0.3) is 0 Å². The van der Waals surface area contributed by atoms with E-state index in [0.717, 1.165) is 12.8 Å². The summed E-state index contributed by atoms with van der Waals surface area (Å²) in [6.07, 6.45) is 15.4. The normalized spacial score (nSPS) is 12.2. The minimum absolute atomic E-state index is 0. The molecule has 4 heteroatoms. The van der Waals surface area contributed by atoms with E-state index in [1.54, 1.807) is 0 Å². The number of halogens is 1. The Balaban J connectivity index is 0.00000289. The van der Waals surface area contributed by atoms with Gasteiger partial charge in [0.25, 0.3) is 0 Å². The summed E-state index contributed by atoms with van der Waals surface area (Å²) in [6.45, 7) is 2.24. The Labute approximate surface area is 128 Å². The first kappa shape index (κ1) is 17.9. The molecule has 18 heavy (non-hydrogen) atoms. The summed E-state index contributed by atoms with van der Waals surface area (Å²) in [5.41, 5.74) is 0. The quantitative estimate of drug-likeness (QED) is 0.371. The Morgan fingerprint density at radius 2 is 1.72 bits per heavy atom. The second kappa shape index (κ2) is 10.8. The van der Waals surface area contributed by atoms with Crippen molar-refractivity contribution in [3.05, 3.63) is 18.7 Å². The van der Waals surface area contributed by atoms with Crippen LogP contribution in [0.4, 0.5) is 0 Å². The van der Waals surface area contributed by atoms with Crippen LogP contribution in [0, 0.1) is 0 Å². The lowest BCUT2D eigenvalue weighted by molar-refractivity contribution is -0.671. The van der Waals surface area contributed by atoms with Crippen LogP contribution in [0.1, 0.15) is 64.5 Å². The number of aliphatic hydroxyl groups is 1. The van der Waals surface area contributed by atoms with E-state index in [-0.39, 0.29) is 30.2 Å². The molecule has 0 bridgehead atoms. The van der Waals surface area contributed by atoms with Crippen molar-refractivity contribution in [2.45, 2.75) is 64.5 Å². The molecule has 0 aliphatic carbocycles. The number of aliphatic hydroxyl groups excluding tert-OH is 1. The van der Waals surface area contributed by atoms with Gasteiger partial charge in [0.15, 0.2) is 6.23 Å². The molecule has 1 aromatic rings. The first-order valence-electron chi connectivity index (χ1n) is 6.95. The molecule has 0 saturated heterocycles. The SMILES string of the molecule is CCCCCCCCCC(O)n1cc[n+](C)c1.[I-]. The number of rotatable bonds is 9. The summed E-state index contributed by atoms with van der Waals surface area (Å²) >= 11 is 0. The minimum atomic E-state index is -0.355. The first-order valence-corrected chi connectivity index (χ1v) is 6.95. The van der Waals surface area contributed by atoms with Gasteiger partial charge >= 0.3 is 0 Å². The number of hydrogen-bond donors (Lipinski definition) is 1. The maximum atomic E-state index is 9.92. The maximum Gasteiger partial charge on any atom is 0.245 e. The fraction of sp³-hybridized carbons (Fsp3) is 0.786. The third-order valence-electron chi connectivity index (χ3n) is 3.20. The summed E-state index contributed by atoms with van der Waals surface area (Å²) in [6, 6.07) is 0. The number of hydrogen-bond acceptors (Lipinski definition) is 1. The fourth-order valence-electron chi connectivity index (χ4n) is 2.08. The number of imidazole rings is 1. The van der Waals surface area contributed by atoms with E-state index in [2.05, 4.69) is 6.92 Å². The lowest BCUT2D eigenvalue weighted by Crippen LogP contribution is -3.00. The van der Waals surface area contributed by atoms with Gasteiger partial charge in [-0.05, 0) is 6.42 Å². The number of aryl methyl sites for hydroxylation is 1. The van der Waals surface area contributed by atoms with E-state index >= 15 is 0 Å². The molecule has 1 unspecified atom stereocenters. The van der Waals surface area contributed by atoms with Crippen molar-refractivity contribution < 1.29 is 33.7 Å². The van der Waals surface area contributed by atoms with Gasteiger partial charge in [0.2, 0.25) is 6.33 Å². The summed E-state index contributed by atoms with van der Waals surface area (Å²) < 4.78 is 3.82. The highest BCUT2D eigenvalue weighted by molar-refractivity contribution is 4.69. The Bertz CT molecular complexity index is 302. The number of unbranched alkanes of at least 4 members (excludes halogenated alkanes) is 6. The van der Waals surface area contributed by atoms with Crippen molar-refractivity contribution in [3.8, 4) is 0 Å². The number of nitrogens with zero attached hydrogens (tertiary/aromatic N) is 2. The van der Waals surface area contributed by atoms with Crippen molar-refractivity contribution in [1.29, 1.82) is 0 Å². The van der Waals surface area contributed by atoms with Crippen molar-refractivity contribution >= 4 is 0 Å². The smallest absolute Gasteiger partial charge is 0.245 e. The maximum absolute atomic E-state index is 9.92. The van der Waals surface area contributed by atoms with Crippen LogP contribution in [0.15, 0.2) is 18.7 Å². The van der Waals surface area contributed by atoms with E-state index in [0.29, 0.717) is 0 Å². The van der Waals surface area contributed by atoms with Gasteiger partial charge in [-0.15, -0.1) is 0 Å². The molecular weight excluding hydrogens is 339 g/mol. The minimum Gasteiger partial charge on any atom is -1.00 e. The van der Waals surface area contributed by atoms with E-state index < -0.39 is 0 Å². The Morgan fingerprint density at radius 3 is 2.28 bits per heavy atom. The molecule has 0 saturated carbocycles. The Hall–Kier alpha value is -0.100. The third kappa shape index (κ3) is 7.36. The average molecular weight is 366 g/mol. The van der Waals surface area contributed by atoms with Crippen LogP contribution in [-0.4, -0.2) is 9.67 Å². The molecule has 0 aromatic carbocycles. The molecule has 1 atom stereocenters. The zero-order chi connectivity index (χ0) is 12.5. The Morgan fingerprint density at radius 1 is 1.11 bits per heavy atom. The van der Waals surface area contributed by atoms with Gasteiger partial charge in [-0.2, -0.15) is 0 Å². The molecule has 0 amide bonds. The van der Waals surface area contributed by atoms with Crippen LogP contribution >= 0.6 is 0 Å². The van der Waals surface area contributed by atoms with Gasteiger partial charge in [-0.1, -0.05) is 45.4 Å². The molecule has 1 heterocycles. The van der Waals surface area contributed by atoms with Gasteiger partial charge in [-0.25, -0.2) is 9.13 Å². The predicted molar refractivity (Wildman–Crippen MR) is 69.5 cm³/mol. The zero-order valence-electron chi connectivity index (χ0n) is 11.7. The van der Waals surface area contributed by atoms with Crippen LogP contribution in [0.2, 0.25) is 0 Å². The van der Waals surface area contributed by atoms with E-state index in [1.807, 2.05) is 34.9 Å². The molecule has 0 aliphatic heterocycles. The van der Waals surface area contributed by atoms with Gasteiger partial charge in [-0.3, -0.25) is 0 Å². The van der Waals surface area contributed by atoms with Crippen LogP contribution in [-0.2, 0) is 7.05 Å². The second-order valence-corrected chi connectivity index (χ2v) is 4.92. The van der Waals surface area contributed by atoms with Crippen molar-refractivity contribution in [2.75, 3.05) is 0 Å². The molecule has 1 aromatic heterocycles. The summed E-state index contributed by atoms with van der Waals surface area (Å²) in [5, 5.41) is 9.92. The monoisotopic (exact) mass is 366 g/mol. The van der Waals surface area contributed by atoms with Gasteiger partial charge < -0.3 is 29.1 Å². The second-order valence-electron chi connectivity index (χ2n) is 4.92. The van der Waals surface area contributed by atoms with Crippen LogP contribution in [0.5, 0.6) is 0 Å². The van der Waals surface area contributed by atoms with Gasteiger partial charge in [0.05, 0.1) is 7.05 Å². The topological polar surface area (TPSA) is 29.0 Å². The average Bonchev–Trinajstić information content (AvgIpc) is 2.74. The zero-order valence-corrected chi connectivity index (χ0v) is 13.8. The van der Waals surface area contributed by atoms with E-state index in [1.165, 1.54) is 38.5 Å². The number of aromatic nitrogens is 2. The molecule has 3 nitrogen and oxygen atoms in total. The summed E-state index contributed by atoms with van der Waals surface area (Å²) in [7, 11) is 1.97. The molecular formula is C14H27IN2O. The van der Waals surface area contributed by atoms with E-state index in [9.17, 15) is 5.11 Å². The predicted octanol–water partition coefficient (Wildman–Crippen LogP) is -0.0518. The van der Waals surface area contributed by atoms with E-state index in [4.69, 9.17) is 0 Å². The standard InChI is InChI=1S/C14H27N2O.HI/c1-3-4-5-6-7-8-9-10-14(17)16-12-11-15(2)13-16;/h11-14,17H,3-10H2,1-2H3;1H/q+1;/p-1. The highest BCUT2D eigenvalue weighted by Gasteiger charge is 2.11. The lowest BCUT2D eigenvalue weighted by Gasteiger charge is -2.06. The molecule has 1 N–H and O–H groups in total. The van der Waals surface area contributed by atoms with Crippen LogP contribution in [0.3, 0.4) is 0 Å². The molecule has 0 spiro atoms. The molecule has 0 aliphatic rings. The Kier molecular flexibility index (Phi) is 10.7.